The first-order valence-electron chi connectivity index (χ1n) is 8.95. The van der Waals surface area contributed by atoms with E-state index in [4.69, 9.17) is 4.98 Å². The molecule has 0 spiro atoms. The number of benzene rings is 3. The Labute approximate surface area is 158 Å². The quantitative estimate of drug-likeness (QED) is 0.516. The number of fused-ring (bicyclic) bond motifs is 1. The number of aryl methyl sites for hydroxylation is 3. The van der Waals surface area contributed by atoms with Gasteiger partial charge in [0, 0.05) is 16.8 Å². The Kier molecular flexibility index (Phi) is 4.24. The molecule has 0 unspecified atom stereocenters. The Bertz CT molecular complexity index is 1100. The number of aromatic amines is 1. The van der Waals surface area contributed by atoms with Gasteiger partial charge in [-0.1, -0.05) is 18.2 Å². The molecular formula is C23H21N3O. The van der Waals surface area contributed by atoms with Gasteiger partial charge < -0.3 is 10.3 Å². The van der Waals surface area contributed by atoms with Crippen molar-refractivity contribution in [3.05, 3.63) is 82.9 Å². The number of nitrogens with zero attached hydrogens (tertiary/aromatic N) is 1. The van der Waals surface area contributed by atoms with Crippen LogP contribution >= 0.6 is 0 Å². The largest absolute Gasteiger partial charge is 0.338 e. The highest BCUT2D eigenvalue weighted by molar-refractivity contribution is 6.05. The summed E-state index contributed by atoms with van der Waals surface area (Å²) >= 11 is 0. The van der Waals surface area contributed by atoms with Crippen LogP contribution in [0.2, 0.25) is 0 Å². The minimum absolute atomic E-state index is 0.101. The van der Waals surface area contributed by atoms with Crippen LogP contribution in [0, 0.1) is 20.8 Å². The number of H-pyrrole nitrogens is 1. The zero-order valence-electron chi connectivity index (χ0n) is 15.6. The van der Waals surface area contributed by atoms with Gasteiger partial charge in [0.1, 0.15) is 5.82 Å². The Balaban J connectivity index is 1.57. The molecule has 0 aliphatic rings. The predicted molar refractivity (Wildman–Crippen MR) is 110 cm³/mol. The average molecular weight is 355 g/mol. The number of amides is 1. The molecule has 1 amide bonds. The average Bonchev–Trinajstić information content (AvgIpc) is 3.05. The molecule has 4 heteroatoms. The molecule has 4 aromatic rings. The third-order valence-electron chi connectivity index (χ3n) is 4.90. The highest BCUT2D eigenvalue weighted by Gasteiger charge is 2.10. The summed E-state index contributed by atoms with van der Waals surface area (Å²) < 4.78 is 0. The second-order valence-corrected chi connectivity index (χ2v) is 6.89. The Morgan fingerprint density at radius 3 is 2.33 bits per heavy atom. The number of hydrogen-bond acceptors (Lipinski definition) is 2. The predicted octanol–water partition coefficient (Wildman–Crippen LogP) is 5.41. The van der Waals surface area contributed by atoms with Crippen LogP contribution < -0.4 is 5.32 Å². The number of aromatic nitrogens is 2. The number of nitrogens with one attached hydrogen (secondary N) is 2. The number of hydrogen-bond donors (Lipinski definition) is 2. The highest BCUT2D eigenvalue weighted by atomic mass is 16.1. The standard InChI is InChI=1S/C23H21N3O/c1-14-6-4-5-7-19(14)23(27)24-18-10-8-17(9-11-18)22-25-20-12-15(2)16(3)13-21(20)26-22/h4-13H,1-3H3,(H,24,27)(H,25,26). The molecule has 134 valence electrons. The van der Waals surface area contributed by atoms with Crippen molar-refractivity contribution in [1.29, 1.82) is 0 Å². The molecule has 0 atom stereocenters. The van der Waals surface area contributed by atoms with E-state index in [9.17, 15) is 4.79 Å². The molecular weight excluding hydrogens is 334 g/mol. The van der Waals surface area contributed by atoms with Crippen molar-refractivity contribution in [2.24, 2.45) is 0 Å². The van der Waals surface area contributed by atoms with Crippen LogP contribution in [0.15, 0.2) is 60.7 Å². The van der Waals surface area contributed by atoms with Crippen LogP contribution in [0.4, 0.5) is 5.69 Å². The second kappa shape index (κ2) is 6.72. The summed E-state index contributed by atoms with van der Waals surface area (Å²) in [6.07, 6.45) is 0. The summed E-state index contributed by atoms with van der Waals surface area (Å²) in [7, 11) is 0. The van der Waals surface area contributed by atoms with Crippen LogP contribution in [0.5, 0.6) is 0 Å². The molecule has 0 fully saturated rings. The molecule has 2 N–H and O–H groups in total. The summed E-state index contributed by atoms with van der Waals surface area (Å²) in [6.45, 7) is 6.12. The van der Waals surface area contributed by atoms with Gasteiger partial charge in [-0.25, -0.2) is 4.98 Å². The summed E-state index contributed by atoms with van der Waals surface area (Å²) in [4.78, 5) is 20.5. The zero-order chi connectivity index (χ0) is 19.0. The fourth-order valence-electron chi connectivity index (χ4n) is 3.14. The van der Waals surface area contributed by atoms with E-state index in [0.29, 0.717) is 5.56 Å². The fourth-order valence-corrected chi connectivity index (χ4v) is 3.14. The van der Waals surface area contributed by atoms with Crippen LogP contribution in [0.25, 0.3) is 22.4 Å². The molecule has 0 saturated heterocycles. The highest BCUT2D eigenvalue weighted by Crippen LogP contribution is 2.24. The van der Waals surface area contributed by atoms with Crippen LogP contribution in [0.1, 0.15) is 27.0 Å². The monoisotopic (exact) mass is 355 g/mol. The second-order valence-electron chi connectivity index (χ2n) is 6.89. The van der Waals surface area contributed by atoms with Crippen LogP contribution in [-0.4, -0.2) is 15.9 Å². The first kappa shape index (κ1) is 17.0. The Morgan fingerprint density at radius 2 is 1.59 bits per heavy atom. The van der Waals surface area contributed by atoms with Gasteiger partial charge in [-0.3, -0.25) is 4.79 Å². The lowest BCUT2D eigenvalue weighted by molar-refractivity contribution is 0.102. The van der Waals surface area contributed by atoms with Gasteiger partial charge in [0.2, 0.25) is 0 Å². The summed E-state index contributed by atoms with van der Waals surface area (Å²) in [5, 5.41) is 2.95. The molecule has 4 nitrogen and oxygen atoms in total. The number of carbonyl (C=O) groups is 1. The lowest BCUT2D eigenvalue weighted by atomic mass is 10.1. The fraction of sp³-hybridized carbons (Fsp3) is 0.130. The molecule has 0 bridgehead atoms. The summed E-state index contributed by atoms with van der Waals surface area (Å²) in [6, 6.07) is 19.5. The minimum atomic E-state index is -0.101. The van der Waals surface area contributed by atoms with Gasteiger partial charge in [0.05, 0.1) is 11.0 Å². The van der Waals surface area contributed by atoms with E-state index in [0.717, 1.165) is 33.7 Å². The van der Waals surface area contributed by atoms with Gasteiger partial charge in [-0.05, 0) is 79.9 Å². The van der Waals surface area contributed by atoms with E-state index in [1.165, 1.54) is 11.1 Å². The maximum atomic E-state index is 12.4. The van der Waals surface area contributed by atoms with Crippen molar-refractivity contribution in [2.75, 3.05) is 5.32 Å². The van der Waals surface area contributed by atoms with E-state index in [-0.39, 0.29) is 5.91 Å². The van der Waals surface area contributed by atoms with Crippen LogP contribution in [-0.2, 0) is 0 Å². The summed E-state index contributed by atoms with van der Waals surface area (Å²) in [5.41, 5.74) is 7.85. The van der Waals surface area contributed by atoms with Gasteiger partial charge in [0.25, 0.3) is 5.91 Å². The van der Waals surface area contributed by atoms with E-state index >= 15 is 0 Å². The van der Waals surface area contributed by atoms with Crippen molar-refractivity contribution < 1.29 is 4.79 Å². The van der Waals surface area contributed by atoms with Gasteiger partial charge >= 0.3 is 0 Å². The third-order valence-corrected chi connectivity index (χ3v) is 4.90. The molecule has 27 heavy (non-hydrogen) atoms. The van der Waals surface area contributed by atoms with Crippen molar-refractivity contribution >= 4 is 22.6 Å². The number of carbonyl (C=O) groups excluding carboxylic acids is 1. The van der Waals surface area contributed by atoms with Gasteiger partial charge in [-0.15, -0.1) is 0 Å². The molecule has 4 rings (SSSR count). The first-order valence-corrected chi connectivity index (χ1v) is 8.95. The molecule has 0 saturated carbocycles. The third kappa shape index (κ3) is 3.34. The number of anilines is 1. The number of rotatable bonds is 3. The maximum Gasteiger partial charge on any atom is 0.255 e. The Hall–Kier alpha value is -3.40. The van der Waals surface area contributed by atoms with Crippen molar-refractivity contribution in [1.82, 2.24) is 9.97 Å². The van der Waals surface area contributed by atoms with Crippen molar-refractivity contribution in [3.63, 3.8) is 0 Å². The summed E-state index contributed by atoms with van der Waals surface area (Å²) in [5.74, 6) is 0.724. The molecule has 0 aliphatic carbocycles. The van der Waals surface area contributed by atoms with E-state index in [2.05, 4.69) is 36.3 Å². The van der Waals surface area contributed by atoms with Crippen molar-refractivity contribution in [2.45, 2.75) is 20.8 Å². The minimum Gasteiger partial charge on any atom is -0.338 e. The lowest BCUT2D eigenvalue weighted by Gasteiger charge is -2.08. The van der Waals surface area contributed by atoms with E-state index in [1.54, 1.807) is 0 Å². The Morgan fingerprint density at radius 1 is 0.889 bits per heavy atom. The van der Waals surface area contributed by atoms with E-state index < -0.39 is 0 Å². The first-order chi connectivity index (χ1) is 13.0. The zero-order valence-corrected chi connectivity index (χ0v) is 15.6. The normalized spacial score (nSPS) is 10.9. The maximum absolute atomic E-state index is 12.4. The smallest absolute Gasteiger partial charge is 0.255 e. The van der Waals surface area contributed by atoms with E-state index in [1.807, 2.05) is 55.5 Å². The SMILES string of the molecule is Cc1cc2nc(-c3ccc(NC(=O)c4ccccc4C)cc3)[nH]c2cc1C. The molecule has 0 aliphatic heterocycles. The molecule has 3 aromatic carbocycles. The van der Waals surface area contributed by atoms with Gasteiger partial charge in [0.15, 0.2) is 0 Å². The molecule has 0 radical (unpaired) electrons. The lowest BCUT2D eigenvalue weighted by Crippen LogP contribution is -2.13. The molecule has 1 aromatic heterocycles. The topological polar surface area (TPSA) is 57.8 Å². The van der Waals surface area contributed by atoms with Gasteiger partial charge in [-0.2, -0.15) is 0 Å². The van der Waals surface area contributed by atoms with Crippen molar-refractivity contribution in [3.8, 4) is 11.4 Å². The number of imidazole rings is 1. The molecule has 1 heterocycles. The van der Waals surface area contributed by atoms with Crippen LogP contribution in [0.3, 0.4) is 0 Å².